The van der Waals surface area contributed by atoms with Crippen molar-refractivity contribution in [3.05, 3.63) is 46.5 Å². The number of carbonyl (C=O) groups is 1. The van der Waals surface area contributed by atoms with Crippen molar-refractivity contribution in [3.63, 3.8) is 0 Å². The van der Waals surface area contributed by atoms with E-state index in [0.717, 1.165) is 0 Å². The monoisotopic (exact) mass is 245 g/mol. The predicted octanol–water partition coefficient (Wildman–Crippen LogP) is 2.28. The molecule has 0 bridgehead atoms. The van der Waals surface area contributed by atoms with E-state index in [-0.39, 0.29) is 5.91 Å². The quantitative estimate of drug-likeness (QED) is 0.833. The van der Waals surface area contributed by atoms with Crippen LogP contribution in [0.1, 0.15) is 24.2 Å². The molecule has 0 aliphatic heterocycles. The van der Waals surface area contributed by atoms with Crippen LogP contribution in [-0.4, -0.2) is 23.9 Å². The molecule has 0 N–H and O–H groups in total. The predicted molar refractivity (Wildman–Crippen MR) is 69.7 cm³/mol. The Balaban J connectivity index is 2.62. The normalized spacial score (nSPS) is 10.6. The molecular weight excluding hydrogens is 230 g/mol. The van der Waals surface area contributed by atoms with Crippen molar-refractivity contribution in [2.24, 2.45) is 0 Å². The maximum atomic E-state index is 12.3. The summed E-state index contributed by atoms with van der Waals surface area (Å²) in [5.74, 6) is -0.111. The molecule has 4 nitrogen and oxygen atoms in total. The molecule has 0 saturated heterocycles. The number of hydrogen-bond donors (Lipinski definition) is 0. The number of rotatable bonds is 3. The summed E-state index contributed by atoms with van der Waals surface area (Å²) in [4.78, 5) is 25.6. The molecule has 1 heterocycles. The van der Waals surface area contributed by atoms with Gasteiger partial charge in [-0.3, -0.25) is 4.79 Å². The van der Waals surface area contributed by atoms with Gasteiger partial charge in [-0.1, -0.05) is 18.2 Å². The van der Waals surface area contributed by atoms with Gasteiger partial charge in [0.15, 0.2) is 0 Å². The molecule has 0 unspecified atom stereocenters. The number of hydrogen-bond acceptors (Lipinski definition) is 3. The highest BCUT2D eigenvalue weighted by Crippen LogP contribution is 2.17. The lowest BCUT2D eigenvalue weighted by Crippen LogP contribution is -2.30. The maximum absolute atomic E-state index is 12.3. The van der Waals surface area contributed by atoms with Crippen molar-refractivity contribution in [1.82, 2.24) is 4.90 Å². The number of nitrogens with zero attached hydrogens (tertiary/aromatic N) is 1. The van der Waals surface area contributed by atoms with Crippen LogP contribution in [0.2, 0.25) is 0 Å². The van der Waals surface area contributed by atoms with Crippen LogP contribution in [0.4, 0.5) is 0 Å². The molecule has 18 heavy (non-hydrogen) atoms. The first-order valence-corrected chi connectivity index (χ1v) is 5.98. The van der Waals surface area contributed by atoms with E-state index in [2.05, 4.69) is 0 Å². The third-order valence-corrected chi connectivity index (χ3v) is 3.00. The van der Waals surface area contributed by atoms with Gasteiger partial charge in [0.05, 0.1) is 10.9 Å². The third kappa shape index (κ3) is 2.01. The standard InChI is InChI=1S/C14H15NO3/c1-3-15(4-2)13(16)12-9-18-14(17)11-8-6-5-7-10(11)12/h5-9H,3-4H2,1-2H3. The molecule has 0 aliphatic rings. The molecule has 2 aromatic rings. The van der Waals surface area contributed by atoms with Crippen LogP contribution in [0.5, 0.6) is 0 Å². The number of fused-ring (bicyclic) bond motifs is 1. The second kappa shape index (κ2) is 5.04. The van der Waals surface area contributed by atoms with Crippen LogP contribution in [0, 0.1) is 0 Å². The minimum atomic E-state index is -0.415. The van der Waals surface area contributed by atoms with Crippen LogP contribution in [0.3, 0.4) is 0 Å². The van der Waals surface area contributed by atoms with Crippen LogP contribution < -0.4 is 5.63 Å². The Kier molecular flexibility index (Phi) is 3.46. The van der Waals surface area contributed by atoms with E-state index in [9.17, 15) is 9.59 Å². The summed E-state index contributed by atoms with van der Waals surface area (Å²) >= 11 is 0. The zero-order valence-electron chi connectivity index (χ0n) is 10.5. The minimum absolute atomic E-state index is 0.111. The molecule has 2 rings (SSSR count). The fourth-order valence-electron chi connectivity index (χ4n) is 1.98. The van der Waals surface area contributed by atoms with Gasteiger partial charge in [-0.2, -0.15) is 0 Å². The number of amides is 1. The Hall–Kier alpha value is -2.10. The molecule has 4 heteroatoms. The molecule has 0 spiro atoms. The highest BCUT2D eigenvalue weighted by atomic mass is 16.4. The summed E-state index contributed by atoms with van der Waals surface area (Å²) in [5.41, 5.74) is 0.0237. The largest absolute Gasteiger partial charge is 0.430 e. The molecule has 0 atom stereocenters. The van der Waals surface area contributed by atoms with E-state index in [1.165, 1.54) is 6.26 Å². The van der Waals surface area contributed by atoms with E-state index in [1.54, 1.807) is 29.2 Å². The summed E-state index contributed by atoms with van der Waals surface area (Å²) in [7, 11) is 0. The third-order valence-electron chi connectivity index (χ3n) is 3.00. The lowest BCUT2D eigenvalue weighted by molar-refractivity contribution is 0.0772. The molecule has 1 aromatic heterocycles. The fraction of sp³-hybridized carbons (Fsp3) is 0.286. The van der Waals surface area contributed by atoms with Crippen LogP contribution >= 0.6 is 0 Å². The summed E-state index contributed by atoms with van der Waals surface area (Å²) in [6.45, 7) is 5.09. The average Bonchev–Trinajstić information content (AvgIpc) is 2.41. The number of carbonyl (C=O) groups excluding carboxylic acids is 1. The Morgan fingerprint density at radius 1 is 1.17 bits per heavy atom. The maximum Gasteiger partial charge on any atom is 0.343 e. The zero-order valence-corrected chi connectivity index (χ0v) is 10.5. The van der Waals surface area contributed by atoms with Crippen molar-refractivity contribution < 1.29 is 9.21 Å². The molecule has 0 aliphatic carbocycles. The topological polar surface area (TPSA) is 50.5 Å². The highest BCUT2D eigenvalue weighted by Gasteiger charge is 2.17. The SMILES string of the molecule is CCN(CC)C(=O)c1coc(=O)c2ccccc12. The van der Waals surface area contributed by atoms with Crippen molar-refractivity contribution in [1.29, 1.82) is 0 Å². The fourth-order valence-corrected chi connectivity index (χ4v) is 1.98. The molecule has 1 aromatic carbocycles. The van der Waals surface area contributed by atoms with Gasteiger partial charge in [0.2, 0.25) is 0 Å². The van der Waals surface area contributed by atoms with Crippen LogP contribution in [-0.2, 0) is 0 Å². The molecule has 0 saturated carbocycles. The molecule has 1 amide bonds. The summed E-state index contributed by atoms with van der Waals surface area (Å²) in [6.07, 6.45) is 1.26. The van der Waals surface area contributed by atoms with Crippen molar-refractivity contribution in [2.45, 2.75) is 13.8 Å². The van der Waals surface area contributed by atoms with Crippen molar-refractivity contribution in [3.8, 4) is 0 Å². The van der Waals surface area contributed by atoms with Gasteiger partial charge < -0.3 is 9.32 Å². The first-order valence-electron chi connectivity index (χ1n) is 5.98. The van der Waals surface area contributed by atoms with Crippen molar-refractivity contribution >= 4 is 16.7 Å². The van der Waals surface area contributed by atoms with E-state index >= 15 is 0 Å². The molecule has 0 radical (unpaired) electrons. The van der Waals surface area contributed by atoms with E-state index in [1.807, 2.05) is 13.8 Å². The van der Waals surface area contributed by atoms with Gasteiger partial charge in [-0.25, -0.2) is 4.79 Å². The smallest absolute Gasteiger partial charge is 0.343 e. The Morgan fingerprint density at radius 2 is 1.78 bits per heavy atom. The highest BCUT2D eigenvalue weighted by molar-refractivity contribution is 6.06. The summed E-state index contributed by atoms with van der Waals surface area (Å²) < 4.78 is 4.93. The van der Waals surface area contributed by atoms with Crippen molar-refractivity contribution in [2.75, 3.05) is 13.1 Å². The number of benzene rings is 1. The Labute approximate surface area is 105 Å². The van der Waals surface area contributed by atoms with Gasteiger partial charge in [-0.05, 0) is 19.9 Å². The Bertz CT molecular complexity index is 626. The lowest BCUT2D eigenvalue weighted by atomic mass is 10.1. The second-order valence-electron chi connectivity index (χ2n) is 3.96. The van der Waals surface area contributed by atoms with E-state index in [0.29, 0.717) is 29.4 Å². The first kappa shape index (κ1) is 12.4. The van der Waals surface area contributed by atoms with Gasteiger partial charge >= 0.3 is 5.63 Å². The lowest BCUT2D eigenvalue weighted by Gasteiger charge is -2.18. The molecule has 0 fully saturated rings. The van der Waals surface area contributed by atoms with Gasteiger partial charge in [0.1, 0.15) is 6.26 Å². The Morgan fingerprint density at radius 3 is 2.39 bits per heavy atom. The molecule has 94 valence electrons. The van der Waals surface area contributed by atoms with Crippen LogP contribution in [0.15, 0.2) is 39.7 Å². The van der Waals surface area contributed by atoms with Gasteiger partial charge in [0.25, 0.3) is 5.91 Å². The van der Waals surface area contributed by atoms with E-state index in [4.69, 9.17) is 4.42 Å². The zero-order chi connectivity index (χ0) is 13.1. The summed E-state index contributed by atoms with van der Waals surface area (Å²) in [6, 6.07) is 6.99. The van der Waals surface area contributed by atoms with E-state index < -0.39 is 5.63 Å². The first-order chi connectivity index (χ1) is 8.69. The average molecular weight is 245 g/mol. The summed E-state index contributed by atoms with van der Waals surface area (Å²) in [5, 5.41) is 1.08. The molecular formula is C14H15NO3. The van der Waals surface area contributed by atoms with Crippen LogP contribution in [0.25, 0.3) is 10.8 Å². The second-order valence-corrected chi connectivity index (χ2v) is 3.96. The minimum Gasteiger partial charge on any atom is -0.430 e. The van der Waals surface area contributed by atoms with Gasteiger partial charge in [0, 0.05) is 18.5 Å². The van der Waals surface area contributed by atoms with Gasteiger partial charge in [-0.15, -0.1) is 0 Å².